The maximum absolute atomic E-state index is 12.1. The Balaban J connectivity index is 2.13. The molecule has 1 heterocycles. The summed E-state index contributed by atoms with van der Waals surface area (Å²) in [6, 6.07) is 6.64. The van der Waals surface area contributed by atoms with Crippen LogP contribution in [0.5, 0.6) is 0 Å². The normalized spacial score (nSPS) is 18.8. The van der Waals surface area contributed by atoms with E-state index in [0.717, 1.165) is 4.90 Å². The Hall–Kier alpha value is -1.34. The molecule has 2 amide bonds. The zero-order valence-electron chi connectivity index (χ0n) is 11.2. The fourth-order valence-electron chi connectivity index (χ4n) is 2.20. The van der Waals surface area contributed by atoms with Crippen LogP contribution in [0.15, 0.2) is 24.3 Å². The minimum atomic E-state index is -1.26. The Morgan fingerprint density at radius 2 is 1.45 bits per heavy atom. The lowest BCUT2D eigenvalue weighted by Crippen LogP contribution is -2.34. The number of carbonyl (C=O) groups excluding carboxylic acids is 2. The monoisotopic (exact) mass is 313 g/mol. The molecule has 2 atom stereocenters. The van der Waals surface area contributed by atoms with E-state index in [1.54, 1.807) is 24.3 Å². The lowest BCUT2D eigenvalue weighted by molar-refractivity contribution is 0.0654. The van der Waals surface area contributed by atoms with Gasteiger partial charge in [-0.2, -0.15) is 0 Å². The number of amides is 2. The van der Waals surface area contributed by atoms with Gasteiger partial charge in [-0.05, 0) is 18.6 Å². The average Bonchev–Trinajstić information content (AvgIpc) is 2.63. The summed E-state index contributed by atoms with van der Waals surface area (Å²) in [6.45, 7) is 0.135. The molecule has 0 fully saturated rings. The van der Waals surface area contributed by atoms with Crippen LogP contribution in [0.1, 0.15) is 27.1 Å². The third-order valence-corrected chi connectivity index (χ3v) is 6.79. The Labute approximate surface area is 122 Å². The predicted octanol–water partition coefficient (Wildman–Crippen LogP) is 0.756. The van der Waals surface area contributed by atoms with Crippen molar-refractivity contribution in [2.75, 3.05) is 19.1 Å². The quantitative estimate of drug-likeness (QED) is 0.752. The van der Waals surface area contributed by atoms with E-state index in [0.29, 0.717) is 11.1 Å². The van der Waals surface area contributed by atoms with Crippen molar-refractivity contribution in [2.45, 2.75) is 11.0 Å². The highest BCUT2D eigenvalue weighted by atomic mass is 32.2. The van der Waals surface area contributed by atoms with Gasteiger partial charge in [0.05, 0.1) is 11.1 Å². The number of rotatable bonds is 5. The maximum atomic E-state index is 12.1. The molecule has 0 aromatic heterocycles. The number of hydrogen-bond acceptors (Lipinski definition) is 4. The van der Waals surface area contributed by atoms with Gasteiger partial charge in [-0.25, -0.2) is 0 Å². The average molecular weight is 313 g/mol. The van der Waals surface area contributed by atoms with Crippen molar-refractivity contribution >= 4 is 33.4 Å². The van der Waals surface area contributed by atoms with Crippen molar-refractivity contribution in [1.29, 1.82) is 0 Å². The summed E-state index contributed by atoms with van der Waals surface area (Å²) in [7, 11) is -2.51. The summed E-state index contributed by atoms with van der Waals surface area (Å²) in [5, 5.41) is 0. The fraction of sp³-hybridized carbons (Fsp3) is 0.385. The molecule has 1 aliphatic heterocycles. The van der Waals surface area contributed by atoms with E-state index >= 15 is 0 Å². The molecule has 20 heavy (non-hydrogen) atoms. The van der Waals surface area contributed by atoms with E-state index in [9.17, 15) is 18.0 Å². The molecule has 0 N–H and O–H groups in total. The Bertz CT molecular complexity index is 565. The van der Waals surface area contributed by atoms with Gasteiger partial charge in [0.2, 0.25) is 0 Å². The summed E-state index contributed by atoms with van der Waals surface area (Å²) >= 11 is 0. The number of imide groups is 1. The molecule has 0 bridgehead atoms. The summed E-state index contributed by atoms with van der Waals surface area (Å²) in [4.78, 5) is 25.4. The summed E-state index contributed by atoms with van der Waals surface area (Å²) in [5.41, 5.74) is 0.786. The number of benzene rings is 1. The van der Waals surface area contributed by atoms with Gasteiger partial charge in [-0.3, -0.25) is 22.9 Å². The van der Waals surface area contributed by atoms with Crippen molar-refractivity contribution in [1.82, 2.24) is 4.90 Å². The number of fused-ring (bicyclic) bond motifs is 1. The molecule has 0 radical (unpaired) electrons. The fourth-order valence-corrected chi connectivity index (χ4v) is 4.60. The van der Waals surface area contributed by atoms with Gasteiger partial charge in [0.1, 0.15) is 4.58 Å². The number of carbonyl (C=O) groups is 2. The summed E-state index contributed by atoms with van der Waals surface area (Å²) in [5.74, 6) is -0.679. The molecule has 108 valence electrons. The second-order valence-corrected chi connectivity index (χ2v) is 7.95. The van der Waals surface area contributed by atoms with Crippen LogP contribution >= 0.6 is 0 Å². The van der Waals surface area contributed by atoms with E-state index in [1.807, 2.05) is 0 Å². The molecule has 0 saturated heterocycles. The first-order chi connectivity index (χ1) is 9.43. The van der Waals surface area contributed by atoms with Gasteiger partial charge in [0.15, 0.2) is 0 Å². The van der Waals surface area contributed by atoms with Crippen molar-refractivity contribution in [3.05, 3.63) is 35.4 Å². The van der Waals surface area contributed by atoms with E-state index in [-0.39, 0.29) is 24.8 Å². The highest BCUT2D eigenvalue weighted by molar-refractivity contribution is 8.02. The Morgan fingerprint density at radius 1 is 1.00 bits per heavy atom. The van der Waals surface area contributed by atoms with Crippen LogP contribution in [0.4, 0.5) is 0 Å². The molecule has 1 aromatic carbocycles. The molecular weight excluding hydrogens is 298 g/mol. The Kier molecular flexibility index (Phi) is 4.49. The van der Waals surface area contributed by atoms with Crippen LogP contribution in [0, 0.1) is 0 Å². The van der Waals surface area contributed by atoms with Crippen LogP contribution in [0.3, 0.4) is 0 Å². The lowest BCUT2D eigenvalue weighted by Gasteiger charge is -2.17. The maximum Gasteiger partial charge on any atom is 0.261 e. The second kappa shape index (κ2) is 5.97. The van der Waals surface area contributed by atoms with E-state index < -0.39 is 26.2 Å². The third kappa shape index (κ3) is 2.73. The first-order valence-corrected chi connectivity index (χ1v) is 9.27. The van der Waals surface area contributed by atoms with Crippen molar-refractivity contribution in [2.24, 2.45) is 0 Å². The van der Waals surface area contributed by atoms with Crippen LogP contribution in [0.25, 0.3) is 0 Å². The molecule has 0 spiro atoms. The molecule has 2 rings (SSSR count). The van der Waals surface area contributed by atoms with E-state index in [2.05, 4.69) is 0 Å². The van der Waals surface area contributed by atoms with Crippen LogP contribution < -0.4 is 0 Å². The molecular formula is C13H15NO4S2. The lowest BCUT2D eigenvalue weighted by atomic mass is 10.1. The molecule has 1 aromatic rings. The molecule has 0 saturated carbocycles. The molecule has 1 aliphatic rings. The van der Waals surface area contributed by atoms with Gasteiger partial charge in [0, 0.05) is 40.7 Å². The van der Waals surface area contributed by atoms with Crippen molar-refractivity contribution < 1.29 is 18.0 Å². The topological polar surface area (TPSA) is 71.5 Å². The van der Waals surface area contributed by atoms with Gasteiger partial charge in [-0.15, -0.1) is 0 Å². The highest BCUT2D eigenvalue weighted by Crippen LogP contribution is 2.23. The first-order valence-electron chi connectivity index (χ1n) is 6.03. The van der Waals surface area contributed by atoms with Gasteiger partial charge < -0.3 is 0 Å². The zero-order valence-corrected chi connectivity index (χ0v) is 12.8. The first kappa shape index (κ1) is 15.1. The largest absolute Gasteiger partial charge is 0.274 e. The molecule has 5 nitrogen and oxygen atoms in total. The SMILES string of the molecule is CS(=O)C(CCN1C(=O)c2ccccc2C1=O)S(C)=O. The van der Waals surface area contributed by atoms with Gasteiger partial charge >= 0.3 is 0 Å². The standard InChI is InChI=1S/C13H15NO4S2/c1-19(17)11(20(2)18)7-8-14-12(15)9-5-3-4-6-10(9)13(14)16/h3-6,11H,7-8H2,1-2H3. The van der Waals surface area contributed by atoms with Crippen molar-refractivity contribution in [3.63, 3.8) is 0 Å². The van der Waals surface area contributed by atoms with Crippen LogP contribution in [0.2, 0.25) is 0 Å². The zero-order chi connectivity index (χ0) is 14.9. The molecule has 2 unspecified atom stereocenters. The van der Waals surface area contributed by atoms with Gasteiger partial charge in [-0.1, -0.05) is 12.1 Å². The number of nitrogens with zero attached hydrogens (tertiary/aromatic N) is 1. The summed E-state index contributed by atoms with van der Waals surface area (Å²) in [6.07, 6.45) is 3.24. The molecule has 7 heteroatoms. The van der Waals surface area contributed by atoms with Crippen LogP contribution in [-0.4, -0.2) is 48.8 Å². The van der Waals surface area contributed by atoms with E-state index in [4.69, 9.17) is 0 Å². The second-order valence-electron chi connectivity index (χ2n) is 4.52. The van der Waals surface area contributed by atoms with E-state index in [1.165, 1.54) is 12.5 Å². The minimum Gasteiger partial charge on any atom is -0.274 e. The summed E-state index contributed by atoms with van der Waals surface area (Å²) < 4.78 is 22.5. The highest BCUT2D eigenvalue weighted by Gasteiger charge is 2.35. The number of hydrogen-bond donors (Lipinski definition) is 0. The smallest absolute Gasteiger partial charge is 0.261 e. The Morgan fingerprint density at radius 3 is 1.85 bits per heavy atom. The third-order valence-electron chi connectivity index (χ3n) is 3.21. The van der Waals surface area contributed by atoms with Gasteiger partial charge in [0.25, 0.3) is 11.8 Å². The van der Waals surface area contributed by atoms with Crippen molar-refractivity contribution in [3.8, 4) is 0 Å². The van der Waals surface area contributed by atoms with Crippen LogP contribution in [-0.2, 0) is 21.6 Å². The predicted molar refractivity (Wildman–Crippen MR) is 78.3 cm³/mol. The minimum absolute atomic E-state index is 0.135. The molecule has 0 aliphatic carbocycles.